The SMILES string of the molecule is CCCCC[C@@H]1C2OCC[C@@H]2C2CCC3(CCC[C@H]1C3)[C@@H]2C. The summed E-state index contributed by atoms with van der Waals surface area (Å²) in [5.74, 6) is 4.75. The molecular formula is C21H36O. The summed E-state index contributed by atoms with van der Waals surface area (Å²) in [7, 11) is 0. The van der Waals surface area contributed by atoms with E-state index < -0.39 is 0 Å². The Morgan fingerprint density at radius 1 is 1.05 bits per heavy atom. The lowest BCUT2D eigenvalue weighted by atomic mass is 9.56. The Kier molecular flexibility index (Phi) is 4.30. The molecule has 1 saturated heterocycles. The van der Waals surface area contributed by atoms with Gasteiger partial charge in [-0.15, -0.1) is 0 Å². The van der Waals surface area contributed by atoms with Crippen LogP contribution in [0.2, 0.25) is 0 Å². The maximum atomic E-state index is 6.42. The lowest BCUT2D eigenvalue weighted by Crippen LogP contribution is -2.45. The predicted molar refractivity (Wildman–Crippen MR) is 91.8 cm³/mol. The average molecular weight is 305 g/mol. The summed E-state index contributed by atoms with van der Waals surface area (Å²) in [4.78, 5) is 0. The molecule has 1 nitrogen and oxygen atoms in total. The van der Waals surface area contributed by atoms with Crippen molar-refractivity contribution in [2.24, 2.45) is 35.0 Å². The second kappa shape index (κ2) is 6.11. The molecule has 1 heteroatoms. The zero-order chi connectivity index (χ0) is 15.2. The van der Waals surface area contributed by atoms with E-state index in [0.717, 1.165) is 41.6 Å². The van der Waals surface area contributed by atoms with E-state index in [1.54, 1.807) is 19.3 Å². The molecule has 0 radical (unpaired) electrons. The van der Waals surface area contributed by atoms with Crippen LogP contribution in [-0.2, 0) is 4.74 Å². The van der Waals surface area contributed by atoms with Crippen LogP contribution in [0, 0.1) is 35.0 Å². The van der Waals surface area contributed by atoms with Gasteiger partial charge in [-0.25, -0.2) is 0 Å². The van der Waals surface area contributed by atoms with Crippen molar-refractivity contribution in [1.82, 2.24) is 0 Å². The highest BCUT2D eigenvalue weighted by molar-refractivity contribution is 5.06. The molecule has 4 aliphatic rings. The summed E-state index contributed by atoms with van der Waals surface area (Å²) in [6, 6.07) is 0. The fourth-order valence-corrected chi connectivity index (χ4v) is 7.24. The van der Waals surface area contributed by atoms with Gasteiger partial charge in [-0.05, 0) is 73.5 Å². The van der Waals surface area contributed by atoms with Crippen molar-refractivity contribution in [3.05, 3.63) is 0 Å². The number of rotatable bonds is 4. The van der Waals surface area contributed by atoms with Gasteiger partial charge in [0.25, 0.3) is 0 Å². The number of hydrogen-bond donors (Lipinski definition) is 0. The van der Waals surface area contributed by atoms with Crippen LogP contribution in [0.5, 0.6) is 0 Å². The van der Waals surface area contributed by atoms with Crippen molar-refractivity contribution in [2.75, 3.05) is 6.61 Å². The highest BCUT2D eigenvalue weighted by Gasteiger charge is 2.56. The highest BCUT2D eigenvalue weighted by atomic mass is 16.5. The largest absolute Gasteiger partial charge is 0.378 e. The minimum absolute atomic E-state index is 0.628. The molecule has 0 amide bonds. The van der Waals surface area contributed by atoms with Crippen LogP contribution in [0.3, 0.4) is 0 Å². The molecule has 126 valence electrons. The summed E-state index contributed by atoms with van der Waals surface area (Å²) in [6.45, 7) is 6.01. The fourth-order valence-electron chi connectivity index (χ4n) is 7.24. The van der Waals surface area contributed by atoms with E-state index >= 15 is 0 Å². The van der Waals surface area contributed by atoms with Crippen LogP contribution in [0.15, 0.2) is 0 Å². The Labute approximate surface area is 137 Å². The molecule has 1 aliphatic heterocycles. The number of unbranched alkanes of at least 4 members (excludes halogenated alkanes) is 2. The Bertz CT molecular complexity index is 391. The standard InChI is InChI=1S/C21H36O/c1-3-4-5-8-18-16-7-6-11-21(14-16)12-9-17(15(21)2)19-10-13-22-20(18)19/h15-20H,3-14H2,1-2H3/t15-,16+,17?,18+,19-,20?,21?/m1/s1. The highest BCUT2D eigenvalue weighted by Crippen LogP contribution is 2.63. The molecule has 4 fully saturated rings. The lowest BCUT2D eigenvalue weighted by Gasteiger charge is -2.50. The maximum absolute atomic E-state index is 6.42. The van der Waals surface area contributed by atoms with E-state index in [0.29, 0.717) is 6.10 Å². The molecule has 0 aromatic carbocycles. The molecule has 3 unspecified atom stereocenters. The Morgan fingerprint density at radius 3 is 2.82 bits per heavy atom. The Morgan fingerprint density at radius 2 is 1.95 bits per heavy atom. The topological polar surface area (TPSA) is 9.23 Å². The number of ether oxygens (including phenoxy) is 1. The molecule has 7 atom stereocenters. The first-order valence-corrected chi connectivity index (χ1v) is 10.4. The van der Waals surface area contributed by atoms with E-state index in [4.69, 9.17) is 4.74 Å². The first-order chi connectivity index (χ1) is 10.7. The molecule has 1 heterocycles. The molecule has 4 rings (SSSR count). The summed E-state index contributed by atoms with van der Waals surface area (Å²) in [6.07, 6.45) is 16.8. The van der Waals surface area contributed by atoms with Crippen molar-refractivity contribution in [3.63, 3.8) is 0 Å². The van der Waals surface area contributed by atoms with E-state index in [1.165, 1.54) is 51.4 Å². The lowest BCUT2D eigenvalue weighted by molar-refractivity contribution is -0.0563. The molecule has 3 aliphatic carbocycles. The van der Waals surface area contributed by atoms with E-state index in [1.807, 2.05) is 0 Å². The molecule has 0 aromatic heterocycles. The van der Waals surface area contributed by atoms with Crippen molar-refractivity contribution in [3.8, 4) is 0 Å². The van der Waals surface area contributed by atoms with Gasteiger partial charge in [0.15, 0.2) is 0 Å². The van der Waals surface area contributed by atoms with Crippen molar-refractivity contribution < 1.29 is 4.74 Å². The van der Waals surface area contributed by atoms with Gasteiger partial charge in [-0.3, -0.25) is 0 Å². The number of fused-ring (bicyclic) bond motifs is 4. The summed E-state index contributed by atoms with van der Waals surface area (Å²) < 4.78 is 6.42. The summed E-state index contributed by atoms with van der Waals surface area (Å²) in [5, 5.41) is 0. The van der Waals surface area contributed by atoms with Gasteiger partial charge in [0.05, 0.1) is 6.10 Å². The van der Waals surface area contributed by atoms with Gasteiger partial charge in [-0.2, -0.15) is 0 Å². The average Bonchev–Trinajstić information content (AvgIpc) is 3.10. The second-order valence-corrected chi connectivity index (χ2v) is 9.16. The molecule has 1 spiro atoms. The fraction of sp³-hybridized carbons (Fsp3) is 1.00. The zero-order valence-electron chi connectivity index (χ0n) is 14.9. The smallest absolute Gasteiger partial charge is 0.0637 e. The van der Waals surface area contributed by atoms with Crippen LogP contribution in [0.1, 0.15) is 84.5 Å². The number of hydrogen-bond acceptors (Lipinski definition) is 1. The second-order valence-electron chi connectivity index (χ2n) is 9.16. The Balaban J connectivity index is 1.62. The first kappa shape index (κ1) is 15.5. The third kappa shape index (κ3) is 2.38. The van der Waals surface area contributed by atoms with Crippen LogP contribution in [-0.4, -0.2) is 12.7 Å². The zero-order valence-corrected chi connectivity index (χ0v) is 14.9. The quantitative estimate of drug-likeness (QED) is 0.594. The first-order valence-electron chi connectivity index (χ1n) is 10.4. The van der Waals surface area contributed by atoms with Gasteiger partial charge in [0, 0.05) is 6.61 Å². The van der Waals surface area contributed by atoms with E-state index in [2.05, 4.69) is 13.8 Å². The van der Waals surface area contributed by atoms with Crippen LogP contribution in [0.4, 0.5) is 0 Å². The van der Waals surface area contributed by atoms with Crippen molar-refractivity contribution in [2.45, 2.75) is 90.6 Å². The van der Waals surface area contributed by atoms with Gasteiger partial charge < -0.3 is 4.74 Å². The summed E-state index contributed by atoms with van der Waals surface area (Å²) in [5.41, 5.74) is 0.740. The van der Waals surface area contributed by atoms with Crippen LogP contribution in [0.25, 0.3) is 0 Å². The minimum atomic E-state index is 0.628. The van der Waals surface area contributed by atoms with Crippen molar-refractivity contribution >= 4 is 0 Å². The molecule has 3 saturated carbocycles. The monoisotopic (exact) mass is 304 g/mol. The van der Waals surface area contributed by atoms with Crippen LogP contribution >= 0.6 is 0 Å². The van der Waals surface area contributed by atoms with E-state index in [9.17, 15) is 0 Å². The Hall–Kier alpha value is -0.0400. The summed E-state index contributed by atoms with van der Waals surface area (Å²) >= 11 is 0. The normalized spacial score (nSPS) is 50.5. The predicted octanol–water partition coefficient (Wildman–Crippen LogP) is 5.82. The van der Waals surface area contributed by atoms with Crippen LogP contribution < -0.4 is 0 Å². The maximum Gasteiger partial charge on any atom is 0.0637 e. The van der Waals surface area contributed by atoms with Gasteiger partial charge in [-0.1, -0.05) is 46.0 Å². The molecule has 22 heavy (non-hydrogen) atoms. The molecule has 0 aromatic rings. The van der Waals surface area contributed by atoms with Gasteiger partial charge >= 0.3 is 0 Å². The van der Waals surface area contributed by atoms with Crippen molar-refractivity contribution in [1.29, 1.82) is 0 Å². The van der Waals surface area contributed by atoms with E-state index in [-0.39, 0.29) is 0 Å². The minimum Gasteiger partial charge on any atom is -0.378 e. The van der Waals surface area contributed by atoms with Gasteiger partial charge in [0.1, 0.15) is 0 Å². The molecular weight excluding hydrogens is 268 g/mol. The molecule has 0 N–H and O–H groups in total. The van der Waals surface area contributed by atoms with Gasteiger partial charge in [0.2, 0.25) is 0 Å². The molecule has 3 bridgehead atoms. The third-order valence-corrected chi connectivity index (χ3v) is 8.40. The third-order valence-electron chi connectivity index (χ3n) is 8.40.